The van der Waals surface area contributed by atoms with Crippen LogP contribution < -0.4 is 0 Å². The Labute approximate surface area is 91.9 Å². The molecule has 3 nitrogen and oxygen atoms in total. The van der Waals surface area contributed by atoms with E-state index in [4.69, 9.17) is 0 Å². The van der Waals surface area contributed by atoms with Gasteiger partial charge in [0.15, 0.2) is 0 Å². The lowest BCUT2D eigenvalue weighted by molar-refractivity contribution is 0.139. The second-order valence-electron chi connectivity index (χ2n) is 5.27. The fraction of sp³-hybridized carbons (Fsp3) is 0.833. The van der Waals surface area contributed by atoms with Crippen molar-refractivity contribution in [2.75, 3.05) is 0 Å². The molecule has 0 radical (unpaired) electrons. The van der Waals surface area contributed by atoms with Gasteiger partial charge in [-0.15, -0.1) is 0 Å². The van der Waals surface area contributed by atoms with E-state index >= 15 is 0 Å². The molecule has 1 aliphatic carbocycles. The van der Waals surface area contributed by atoms with Crippen molar-refractivity contribution in [2.45, 2.75) is 46.1 Å². The van der Waals surface area contributed by atoms with Crippen LogP contribution in [0.25, 0.3) is 0 Å². The normalized spacial score (nSPS) is 32.1. The minimum Gasteiger partial charge on any atom is -0.250 e. The van der Waals surface area contributed by atoms with Gasteiger partial charge in [-0.2, -0.15) is 5.10 Å². The third-order valence-electron chi connectivity index (χ3n) is 3.76. The minimum atomic E-state index is 0.566. The zero-order valence-corrected chi connectivity index (χ0v) is 9.93. The standard InChI is InChI=1S/C12H21N3/c1-9(2)11-5-4-10(3)6-12(11)15-8-13-7-14-15/h7-12H,4-6H2,1-3H3/t10-,11?,12?/m1/s1. The van der Waals surface area contributed by atoms with Crippen molar-refractivity contribution in [1.82, 2.24) is 14.8 Å². The van der Waals surface area contributed by atoms with Gasteiger partial charge in [-0.25, -0.2) is 9.67 Å². The number of aromatic nitrogens is 3. The van der Waals surface area contributed by atoms with Crippen LogP contribution in [-0.2, 0) is 0 Å². The van der Waals surface area contributed by atoms with Crippen molar-refractivity contribution in [3.05, 3.63) is 12.7 Å². The molecule has 0 aromatic carbocycles. The molecule has 15 heavy (non-hydrogen) atoms. The summed E-state index contributed by atoms with van der Waals surface area (Å²) in [5.41, 5.74) is 0. The molecule has 1 aliphatic rings. The summed E-state index contributed by atoms with van der Waals surface area (Å²) < 4.78 is 2.07. The third-order valence-corrected chi connectivity index (χ3v) is 3.76. The first-order valence-electron chi connectivity index (χ1n) is 6.02. The van der Waals surface area contributed by atoms with Gasteiger partial charge in [0.2, 0.25) is 0 Å². The highest BCUT2D eigenvalue weighted by Crippen LogP contribution is 2.40. The quantitative estimate of drug-likeness (QED) is 0.746. The van der Waals surface area contributed by atoms with E-state index in [1.165, 1.54) is 19.3 Å². The fourth-order valence-electron chi connectivity index (χ4n) is 2.84. The molecular weight excluding hydrogens is 186 g/mol. The van der Waals surface area contributed by atoms with E-state index in [0.717, 1.165) is 17.8 Å². The van der Waals surface area contributed by atoms with Gasteiger partial charge in [-0.3, -0.25) is 0 Å². The monoisotopic (exact) mass is 207 g/mol. The molecule has 0 N–H and O–H groups in total. The Morgan fingerprint density at radius 1 is 1.33 bits per heavy atom. The first-order chi connectivity index (χ1) is 7.18. The number of nitrogens with zero attached hydrogens (tertiary/aromatic N) is 3. The Hall–Kier alpha value is -0.860. The van der Waals surface area contributed by atoms with E-state index in [1.54, 1.807) is 6.33 Å². The van der Waals surface area contributed by atoms with Gasteiger partial charge < -0.3 is 0 Å². The fourth-order valence-corrected chi connectivity index (χ4v) is 2.84. The zero-order valence-electron chi connectivity index (χ0n) is 9.93. The zero-order chi connectivity index (χ0) is 10.8. The van der Waals surface area contributed by atoms with Gasteiger partial charge in [-0.1, -0.05) is 27.2 Å². The number of rotatable bonds is 2. The Balaban J connectivity index is 2.17. The van der Waals surface area contributed by atoms with Crippen LogP contribution in [0.15, 0.2) is 12.7 Å². The third kappa shape index (κ3) is 2.21. The number of hydrogen-bond donors (Lipinski definition) is 0. The Bertz CT molecular complexity index is 292. The van der Waals surface area contributed by atoms with Gasteiger partial charge in [0.1, 0.15) is 12.7 Å². The molecule has 3 atom stereocenters. The van der Waals surface area contributed by atoms with Gasteiger partial charge in [0.25, 0.3) is 0 Å². The highest BCUT2D eigenvalue weighted by atomic mass is 15.3. The van der Waals surface area contributed by atoms with E-state index in [1.807, 2.05) is 6.33 Å². The Morgan fingerprint density at radius 2 is 2.13 bits per heavy atom. The van der Waals surface area contributed by atoms with Crippen LogP contribution in [0.1, 0.15) is 46.1 Å². The van der Waals surface area contributed by atoms with Crippen molar-refractivity contribution >= 4 is 0 Å². The van der Waals surface area contributed by atoms with Crippen LogP contribution in [0.2, 0.25) is 0 Å². The van der Waals surface area contributed by atoms with Crippen molar-refractivity contribution in [2.24, 2.45) is 17.8 Å². The van der Waals surface area contributed by atoms with Crippen LogP contribution in [0.5, 0.6) is 0 Å². The second kappa shape index (κ2) is 4.33. The van der Waals surface area contributed by atoms with Gasteiger partial charge in [-0.05, 0) is 30.6 Å². The molecule has 0 amide bonds. The molecule has 84 valence electrons. The Morgan fingerprint density at radius 3 is 2.73 bits per heavy atom. The lowest BCUT2D eigenvalue weighted by Gasteiger charge is -2.37. The average Bonchev–Trinajstić information content (AvgIpc) is 2.69. The summed E-state index contributed by atoms with van der Waals surface area (Å²) in [7, 11) is 0. The molecule has 1 heterocycles. The highest BCUT2D eigenvalue weighted by Gasteiger charge is 2.32. The maximum atomic E-state index is 4.31. The summed E-state index contributed by atoms with van der Waals surface area (Å²) in [6.45, 7) is 7.00. The molecule has 1 saturated carbocycles. The largest absolute Gasteiger partial charge is 0.250 e. The molecule has 3 heteroatoms. The van der Waals surface area contributed by atoms with Crippen LogP contribution >= 0.6 is 0 Å². The van der Waals surface area contributed by atoms with Crippen molar-refractivity contribution in [3.63, 3.8) is 0 Å². The number of hydrogen-bond acceptors (Lipinski definition) is 2. The molecule has 0 spiro atoms. The van der Waals surface area contributed by atoms with E-state index < -0.39 is 0 Å². The second-order valence-corrected chi connectivity index (χ2v) is 5.27. The van der Waals surface area contributed by atoms with Gasteiger partial charge in [0, 0.05) is 0 Å². The molecule has 2 rings (SSSR count). The molecule has 0 saturated heterocycles. The first kappa shape index (κ1) is 10.7. The maximum Gasteiger partial charge on any atom is 0.137 e. The Kier molecular flexibility index (Phi) is 3.08. The van der Waals surface area contributed by atoms with Crippen LogP contribution in [0.3, 0.4) is 0 Å². The lowest BCUT2D eigenvalue weighted by Crippen LogP contribution is -2.30. The van der Waals surface area contributed by atoms with E-state index in [2.05, 4.69) is 35.5 Å². The summed E-state index contributed by atoms with van der Waals surface area (Å²) >= 11 is 0. The van der Waals surface area contributed by atoms with Gasteiger partial charge >= 0.3 is 0 Å². The maximum absolute atomic E-state index is 4.31. The van der Waals surface area contributed by atoms with Crippen molar-refractivity contribution in [3.8, 4) is 0 Å². The molecule has 0 bridgehead atoms. The van der Waals surface area contributed by atoms with Crippen molar-refractivity contribution < 1.29 is 0 Å². The van der Waals surface area contributed by atoms with E-state index in [-0.39, 0.29) is 0 Å². The predicted octanol–water partition coefficient (Wildman–Crippen LogP) is 2.91. The summed E-state index contributed by atoms with van der Waals surface area (Å²) in [4.78, 5) is 4.07. The predicted molar refractivity (Wildman–Crippen MR) is 60.4 cm³/mol. The molecule has 1 aromatic heterocycles. The lowest BCUT2D eigenvalue weighted by atomic mass is 9.74. The highest BCUT2D eigenvalue weighted by molar-refractivity contribution is 4.84. The molecular formula is C12H21N3. The molecule has 2 unspecified atom stereocenters. The van der Waals surface area contributed by atoms with Crippen LogP contribution in [-0.4, -0.2) is 14.8 Å². The molecule has 1 fully saturated rings. The summed E-state index contributed by atoms with van der Waals surface area (Å²) in [6.07, 6.45) is 7.48. The molecule has 0 aliphatic heterocycles. The van der Waals surface area contributed by atoms with Gasteiger partial charge in [0.05, 0.1) is 6.04 Å². The first-order valence-corrected chi connectivity index (χ1v) is 6.02. The van der Waals surface area contributed by atoms with Crippen LogP contribution in [0.4, 0.5) is 0 Å². The summed E-state index contributed by atoms with van der Waals surface area (Å²) in [5, 5.41) is 4.31. The van der Waals surface area contributed by atoms with E-state index in [9.17, 15) is 0 Å². The average molecular weight is 207 g/mol. The molecule has 1 aromatic rings. The summed E-state index contributed by atoms with van der Waals surface area (Å²) in [5.74, 6) is 2.34. The smallest absolute Gasteiger partial charge is 0.137 e. The SMILES string of the molecule is CC(C)C1CC[C@@H](C)CC1n1cncn1. The van der Waals surface area contributed by atoms with Crippen LogP contribution in [0, 0.1) is 17.8 Å². The topological polar surface area (TPSA) is 30.7 Å². The minimum absolute atomic E-state index is 0.566. The van der Waals surface area contributed by atoms with E-state index in [0.29, 0.717) is 6.04 Å². The summed E-state index contributed by atoms with van der Waals surface area (Å²) in [6, 6.07) is 0.566. The van der Waals surface area contributed by atoms with Crippen molar-refractivity contribution in [1.29, 1.82) is 0 Å².